The molecule has 3 atom stereocenters. The third kappa shape index (κ3) is 4.42. The van der Waals surface area contributed by atoms with Gasteiger partial charge < -0.3 is 21.1 Å². The van der Waals surface area contributed by atoms with Crippen molar-refractivity contribution in [2.75, 3.05) is 6.54 Å². The lowest BCUT2D eigenvalue weighted by atomic mass is 9.99. The molecule has 0 aliphatic carbocycles. The highest BCUT2D eigenvalue weighted by molar-refractivity contribution is 5.89. The molecule has 0 aromatic rings. The zero-order chi connectivity index (χ0) is 14.4. The summed E-state index contributed by atoms with van der Waals surface area (Å²) < 4.78 is 0. The number of carbonyl (C=O) groups excluding carboxylic acids is 2. The number of hydrogen-bond donors (Lipinski definition) is 4. The van der Waals surface area contributed by atoms with Gasteiger partial charge in [0.1, 0.15) is 12.1 Å². The topological polar surface area (TPSA) is 108 Å². The molecule has 1 fully saturated rings. The fourth-order valence-corrected chi connectivity index (χ4v) is 1.93. The van der Waals surface area contributed by atoms with Crippen molar-refractivity contribution in [3.05, 3.63) is 0 Å². The molecule has 0 saturated carbocycles. The molecule has 1 rings (SSSR count). The maximum atomic E-state index is 11.7. The van der Waals surface area contributed by atoms with Crippen LogP contribution in [-0.4, -0.2) is 41.6 Å². The fraction of sp³-hybridized carbons (Fsp3) is 0.750. The minimum atomic E-state index is -1.07. The lowest BCUT2D eigenvalue weighted by Gasteiger charge is -2.25. The Hall–Kier alpha value is -1.79. The second kappa shape index (κ2) is 6.96. The van der Waals surface area contributed by atoms with Gasteiger partial charge in [0, 0.05) is 6.54 Å². The summed E-state index contributed by atoms with van der Waals surface area (Å²) in [4.78, 5) is 34.3. The number of urea groups is 1. The van der Waals surface area contributed by atoms with Crippen molar-refractivity contribution in [3.63, 3.8) is 0 Å². The molecule has 108 valence electrons. The second-order valence-corrected chi connectivity index (χ2v) is 4.81. The van der Waals surface area contributed by atoms with Crippen LogP contribution < -0.4 is 16.0 Å². The van der Waals surface area contributed by atoms with Gasteiger partial charge in [0.05, 0.1) is 0 Å². The van der Waals surface area contributed by atoms with Gasteiger partial charge in [0.15, 0.2) is 0 Å². The molecule has 1 heterocycles. The predicted molar refractivity (Wildman–Crippen MR) is 68.6 cm³/mol. The maximum absolute atomic E-state index is 11.7. The number of aliphatic carboxylic acids is 1. The summed E-state index contributed by atoms with van der Waals surface area (Å²) in [6.07, 6.45) is 2.01. The van der Waals surface area contributed by atoms with Gasteiger partial charge in [-0.1, -0.05) is 20.3 Å². The van der Waals surface area contributed by atoms with E-state index in [2.05, 4.69) is 16.0 Å². The van der Waals surface area contributed by atoms with E-state index in [1.807, 2.05) is 6.92 Å². The minimum absolute atomic E-state index is 0.177. The lowest BCUT2D eigenvalue weighted by Crippen LogP contribution is -2.56. The van der Waals surface area contributed by atoms with Gasteiger partial charge in [0.25, 0.3) is 0 Å². The molecule has 0 radical (unpaired) electrons. The van der Waals surface area contributed by atoms with Crippen LogP contribution in [0.2, 0.25) is 0 Å². The molecule has 7 heteroatoms. The van der Waals surface area contributed by atoms with Gasteiger partial charge in [-0.15, -0.1) is 0 Å². The van der Waals surface area contributed by atoms with Crippen LogP contribution in [0.4, 0.5) is 4.79 Å². The quantitative estimate of drug-likeness (QED) is 0.567. The molecule has 19 heavy (non-hydrogen) atoms. The Morgan fingerprint density at radius 3 is 2.74 bits per heavy atom. The van der Waals surface area contributed by atoms with E-state index in [0.717, 1.165) is 6.42 Å². The van der Waals surface area contributed by atoms with Crippen molar-refractivity contribution in [1.82, 2.24) is 16.0 Å². The molecule has 1 aliphatic heterocycles. The number of rotatable bonds is 5. The molecule has 3 unspecified atom stereocenters. The van der Waals surface area contributed by atoms with E-state index in [4.69, 9.17) is 5.11 Å². The van der Waals surface area contributed by atoms with Gasteiger partial charge in [-0.05, 0) is 18.8 Å². The molecule has 0 aromatic carbocycles. The van der Waals surface area contributed by atoms with Gasteiger partial charge in [-0.2, -0.15) is 0 Å². The average molecular weight is 271 g/mol. The third-order valence-corrected chi connectivity index (χ3v) is 3.36. The molecule has 0 aromatic heterocycles. The summed E-state index contributed by atoms with van der Waals surface area (Å²) in [5.74, 6) is -1.47. The number of nitrogens with one attached hydrogen (secondary N) is 3. The standard InChI is InChI=1S/C12H21N3O4/c1-3-7(2)9(11(17)18)15-12(19)14-8-5-4-6-13-10(8)16/h7-9H,3-6H2,1-2H3,(H,13,16)(H,17,18)(H2,14,15,19). The van der Waals surface area contributed by atoms with Gasteiger partial charge in [-0.25, -0.2) is 9.59 Å². The second-order valence-electron chi connectivity index (χ2n) is 4.81. The largest absolute Gasteiger partial charge is 0.480 e. The summed E-state index contributed by atoms with van der Waals surface area (Å²) in [5, 5.41) is 16.6. The van der Waals surface area contributed by atoms with Crippen LogP contribution in [-0.2, 0) is 9.59 Å². The molecule has 3 amide bonds. The van der Waals surface area contributed by atoms with E-state index in [-0.39, 0.29) is 11.8 Å². The smallest absolute Gasteiger partial charge is 0.326 e. The van der Waals surface area contributed by atoms with Crippen molar-refractivity contribution in [2.45, 2.75) is 45.2 Å². The van der Waals surface area contributed by atoms with E-state index in [1.54, 1.807) is 6.92 Å². The molecule has 1 aliphatic rings. The monoisotopic (exact) mass is 271 g/mol. The van der Waals surface area contributed by atoms with Crippen LogP contribution in [0.15, 0.2) is 0 Å². The van der Waals surface area contributed by atoms with Crippen molar-refractivity contribution in [1.29, 1.82) is 0 Å². The number of amides is 3. The SMILES string of the molecule is CCC(C)C(NC(=O)NC1CCCNC1=O)C(=O)O. The van der Waals surface area contributed by atoms with E-state index < -0.39 is 24.1 Å². The Bertz CT molecular complexity index is 359. The van der Waals surface area contributed by atoms with Gasteiger partial charge >= 0.3 is 12.0 Å². The first kappa shape index (κ1) is 15.3. The van der Waals surface area contributed by atoms with Crippen LogP contribution in [0.25, 0.3) is 0 Å². The first-order valence-electron chi connectivity index (χ1n) is 6.53. The zero-order valence-electron chi connectivity index (χ0n) is 11.2. The normalized spacial score (nSPS) is 22.0. The van der Waals surface area contributed by atoms with E-state index in [9.17, 15) is 14.4 Å². The maximum Gasteiger partial charge on any atom is 0.326 e. The Balaban J connectivity index is 2.52. The average Bonchev–Trinajstić information content (AvgIpc) is 2.37. The van der Waals surface area contributed by atoms with Crippen molar-refractivity contribution < 1.29 is 19.5 Å². The summed E-state index contributed by atoms with van der Waals surface area (Å²) in [6, 6.07) is -2.15. The summed E-state index contributed by atoms with van der Waals surface area (Å²) >= 11 is 0. The molecule has 7 nitrogen and oxygen atoms in total. The Morgan fingerprint density at radius 1 is 1.53 bits per heavy atom. The third-order valence-electron chi connectivity index (χ3n) is 3.36. The van der Waals surface area contributed by atoms with Crippen LogP contribution >= 0.6 is 0 Å². The summed E-state index contributed by atoms with van der Waals surface area (Å²) in [7, 11) is 0. The molecular formula is C12H21N3O4. The van der Waals surface area contributed by atoms with Crippen LogP contribution in [0, 0.1) is 5.92 Å². The van der Waals surface area contributed by atoms with E-state index >= 15 is 0 Å². The fourth-order valence-electron chi connectivity index (χ4n) is 1.93. The number of carbonyl (C=O) groups is 3. The van der Waals surface area contributed by atoms with Crippen molar-refractivity contribution in [2.24, 2.45) is 5.92 Å². The predicted octanol–water partition coefficient (Wildman–Crippen LogP) is 0.0635. The molecule has 1 saturated heterocycles. The Morgan fingerprint density at radius 2 is 2.21 bits per heavy atom. The molecular weight excluding hydrogens is 250 g/mol. The number of carboxylic acids is 1. The van der Waals surface area contributed by atoms with E-state index in [1.165, 1.54) is 0 Å². The Kier molecular flexibility index (Phi) is 5.59. The molecule has 4 N–H and O–H groups in total. The lowest BCUT2D eigenvalue weighted by molar-refractivity contribution is -0.140. The highest BCUT2D eigenvalue weighted by Gasteiger charge is 2.28. The summed E-state index contributed by atoms with van der Waals surface area (Å²) in [6.45, 7) is 4.23. The van der Waals surface area contributed by atoms with E-state index in [0.29, 0.717) is 19.4 Å². The zero-order valence-corrected chi connectivity index (χ0v) is 11.2. The molecule has 0 spiro atoms. The summed E-state index contributed by atoms with van der Waals surface area (Å²) in [5.41, 5.74) is 0. The minimum Gasteiger partial charge on any atom is -0.480 e. The van der Waals surface area contributed by atoms with Crippen molar-refractivity contribution in [3.8, 4) is 0 Å². The van der Waals surface area contributed by atoms with Crippen LogP contribution in [0.5, 0.6) is 0 Å². The molecule has 0 bridgehead atoms. The first-order chi connectivity index (χ1) is 8.95. The highest BCUT2D eigenvalue weighted by atomic mass is 16.4. The van der Waals surface area contributed by atoms with Gasteiger partial charge in [0.2, 0.25) is 5.91 Å². The van der Waals surface area contributed by atoms with Crippen molar-refractivity contribution >= 4 is 17.9 Å². The number of hydrogen-bond acceptors (Lipinski definition) is 3. The highest BCUT2D eigenvalue weighted by Crippen LogP contribution is 2.08. The van der Waals surface area contributed by atoms with Crippen LogP contribution in [0.3, 0.4) is 0 Å². The number of carboxylic acid groups (broad SMARTS) is 1. The number of piperidine rings is 1. The Labute approximate surface area is 112 Å². The van der Waals surface area contributed by atoms with Crippen LogP contribution in [0.1, 0.15) is 33.1 Å². The first-order valence-corrected chi connectivity index (χ1v) is 6.53. The van der Waals surface area contributed by atoms with Gasteiger partial charge in [-0.3, -0.25) is 4.79 Å².